The zero-order valence-electron chi connectivity index (χ0n) is 19.9. The highest BCUT2D eigenvalue weighted by Gasteiger charge is 2.24. The number of anilines is 2. The van der Waals surface area contributed by atoms with E-state index in [2.05, 4.69) is 15.5 Å². The third-order valence-corrected chi connectivity index (χ3v) is 6.23. The fraction of sp³-hybridized carbons (Fsp3) is 0.222. The number of hydrogen-bond acceptors (Lipinski definition) is 5. The normalized spacial score (nSPS) is 13.2. The van der Waals surface area contributed by atoms with Crippen molar-refractivity contribution in [2.45, 2.75) is 6.92 Å². The van der Waals surface area contributed by atoms with Crippen LogP contribution in [-0.2, 0) is 0 Å². The molecule has 3 aromatic rings. The van der Waals surface area contributed by atoms with E-state index in [0.717, 1.165) is 5.69 Å². The van der Waals surface area contributed by atoms with Crippen molar-refractivity contribution in [2.24, 2.45) is 0 Å². The number of piperazine rings is 1. The minimum atomic E-state index is -0.327. The van der Waals surface area contributed by atoms with Crippen molar-refractivity contribution in [2.75, 3.05) is 43.0 Å². The van der Waals surface area contributed by atoms with E-state index in [9.17, 15) is 9.59 Å². The minimum absolute atomic E-state index is 0.0304. The summed E-state index contributed by atoms with van der Waals surface area (Å²) in [5.74, 6) is 0.402. The van der Waals surface area contributed by atoms with Crippen LogP contribution in [0.5, 0.6) is 5.75 Å². The summed E-state index contributed by atoms with van der Waals surface area (Å²) in [5, 5.41) is 6.52. The van der Waals surface area contributed by atoms with Crippen molar-refractivity contribution < 1.29 is 14.3 Å². The summed E-state index contributed by atoms with van der Waals surface area (Å²) in [5.41, 5.74) is 2.73. The molecule has 1 saturated heterocycles. The lowest BCUT2D eigenvalue weighted by Gasteiger charge is -2.37. The van der Waals surface area contributed by atoms with Gasteiger partial charge in [-0.1, -0.05) is 29.8 Å². The first kappa shape index (κ1) is 25.5. The molecule has 3 aromatic carbocycles. The second-order valence-electron chi connectivity index (χ2n) is 8.17. The average molecular weight is 523 g/mol. The van der Waals surface area contributed by atoms with E-state index in [-0.39, 0.29) is 16.9 Å². The number of ether oxygens (including phenoxy) is 1. The molecule has 2 amide bonds. The van der Waals surface area contributed by atoms with Gasteiger partial charge in [0.25, 0.3) is 11.8 Å². The van der Waals surface area contributed by atoms with Crippen molar-refractivity contribution in [3.8, 4) is 5.75 Å². The molecule has 0 aliphatic carbocycles. The van der Waals surface area contributed by atoms with Crippen LogP contribution >= 0.6 is 23.8 Å². The van der Waals surface area contributed by atoms with Gasteiger partial charge in [-0.15, -0.1) is 0 Å². The maximum atomic E-state index is 12.8. The van der Waals surface area contributed by atoms with Crippen LogP contribution < -0.4 is 20.3 Å². The highest BCUT2D eigenvalue weighted by Crippen LogP contribution is 2.30. The van der Waals surface area contributed by atoms with Gasteiger partial charge in [-0.2, -0.15) is 0 Å². The first-order chi connectivity index (χ1) is 17.4. The van der Waals surface area contributed by atoms with Crippen LogP contribution in [0.15, 0.2) is 72.8 Å². The molecule has 1 aliphatic rings. The van der Waals surface area contributed by atoms with Gasteiger partial charge in [-0.05, 0) is 73.7 Å². The Kier molecular flexibility index (Phi) is 8.40. The molecule has 186 valence electrons. The standard InChI is InChI=1S/C27H27ClN4O3S/c1-2-35-22-11-8-19(9-12-22)25(33)30-27(36)29-23-18-21(28)10-13-24(23)31-14-16-32(17-15-31)26(34)20-6-4-3-5-7-20/h3-13,18H,2,14-17H2,1H3,(H2,29,30,33,36). The molecule has 0 aromatic heterocycles. The van der Waals surface area contributed by atoms with E-state index in [4.69, 9.17) is 28.6 Å². The van der Waals surface area contributed by atoms with Crippen LogP contribution in [0.3, 0.4) is 0 Å². The van der Waals surface area contributed by atoms with Gasteiger partial charge < -0.3 is 19.9 Å². The number of thiocarbonyl (C=S) groups is 1. The van der Waals surface area contributed by atoms with Crippen molar-refractivity contribution in [3.05, 3.63) is 88.9 Å². The SMILES string of the molecule is CCOc1ccc(C(=O)NC(=S)Nc2cc(Cl)ccc2N2CCN(C(=O)c3ccccc3)CC2)cc1. The Morgan fingerprint density at radius 1 is 0.944 bits per heavy atom. The van der Waals surface area contributed by atoms with Crippen LogP contribution in [-0.4, -0.2) is 54.6 Å². The second-order valence-corrected chi connectivity index (χ2v) is 9.02. The molecule has 0 atom stereocenters. The predicted molar refractivity (Wildman–Crippen MR) is 147 cm³/mol. The lowest BCUT2D eigenvalue weighted by Crippen LogP contribution is -2.49. The summed E-state index contributed by atoms with van der Waals surface area (Å²) >= 11 is 11.7. The quantitative estimate of drug-likeness (QED) is 0.452. The summed E-state index contributed by atoms with van der Waals surface area (Å²) in [6.07, 6.45) is 0. The van der Waals surface area contributed by atoms with Crippen LogP contribution in [0.2, 0.25) is 5.02 Å². The lowest BCUT2D eigenvalue weighted by molar-refractivity contribution is 0.0746. The van der Waals surface area contributed by atoms with Crippen LogP contribution in [0.1, 0.15) is 27.6 Å². The van der Waals surface area contributed by atoms with Gasteiger partial charge in [-0.25, -0.2) is 0 Å². The Morgan fingerprint density at radius 2 is 1.64 bits per heavy atom. The van der Waals surface area contributed by atoms with Gasteiger partial charge in [0.2, 0.25) is 0 Å². The molecule has 36 heavy (non-hydrogen) atoms. The van der Waals surface area contributed by atoms with Gasteiger partial charge in [-0.3, -0.25) is 14.9 Å². The van der Waals surface area contributed by atoms with Crippen molar-refractivity contribution in [1.29, 1.82) is 0 Å². The molecule has 0 unspecified atom stereocenters. The molecule has 2 N–H and O–H groups in total. The smallest absolute Gasteiger partial charge is 0.257 e. The number of nitrogens with zero attached hydrogens (tertiary/aromatic N) is 2. The molecule has 1 fully saturated rings. The fourth-order valence-corrected chi connectivity index (χ4v) is 4.37. The van der Waals surface area contributed by atoms with E-state index >= 15 is 0 Å². The molecule has 4 rings (SSSR count). The monoisotopic (exact) mass is 522 g/mol. The van der Waals surface area contributed by atoms with Gasteiger partial charge in [0, 0.05) is 42.3 Å². The number of amides is 2. The molecule has 7 nitrogen and oxygen atoms in total. The number of halogens is 1. The van der Waals surface area contributed by atoms with Gasteiger partial charge in [0.1, 0.15) is 5.75 Å². The number of hydrogen-bond donors (Lipinski definition) is 2. The Morgan fingerprint density at radius 3 is 2.31 bits per heavy atom. The van der Waals surface area contributed by atoms with E-state index in [0.29, 0.717) is 60.4 Å². The molecule has 1 heterocycles. The second kappa shape index (κ2) is 11.9. The molecular weight excluding hydrogens is 496 g/mol. The lowest BCUT2D eigenvalue weighted by atomic mass is 10.1. The summed E-state index contributed by atoms with van der Waals surface area (Å²) in [4.78, 5) is 29.4. The molecule has 0 saturated carbocycles. The third kappa shape index (κ3) is 6.33. The number of benzene rings is 3. The first-order valence-corrected chi connectivity index (χ1v) is 12.5. The largest absolute Gasteiger partial charge is 0.494 e. The maximum absolute atomic E-state index is 12.8. The van der Waals surface area contributed by atoms with E-state index in [1.165, 1.54) is 0 Å². The van der Waals surface area contributed by atoms with Gasteiger partial charge in [0.15, 0.2) is 5.11 Å². The molecule has 0 spiro atoms. The zero-order valence-corrected chi connectivity index (χ0v) is 21.4. The Hall–Kier alpha value is -3.62. The summed E-state index contributed by atoms with van der Waals surface area (Å²) in [6, 6.07) is 21.6. The van der Waals surface area contributed by atoms with Gasteiger partial charge in [0.05, 0.1) is 18.0 Å². The molecular formula is C27H27ClN4O3S. The molecule has 9 heteroatoms. The maximum Gasteiger partial charge on any atom is 0.257 e. The van der Waals surface area contributed by atoms with E-state index in [1.807, 2.05) is 54.3 Å². The number of carbonyl (C=O) groups is 2. The molecule has 0 bridgehead atoms. The van der Waals surface area contributed by atoms with Crippen LogP contribution in [0, 0.1) is 0 Å². The van der Waals surface area contributed by atoms with Crippen molar-refractivity contribution >= 4 is 52.1 Å². The van der Waals surface area contributed by atoms with Crippen LogP contribution in [0.4, 0.5) is 11.4 Å². The Balaban J connectivity index is 1.39. The van der Waals surface area contributed by atoms with E-state index < -0.39 is 0 Å². The first-order valence-electron chi connectivity index (χ1n) is 11.7. The molecule has 1 aliphatic heterocycles. The Labute approximate surface area is 221 Å². The summed E-state index contributed by atoms with van der Waals surface area (Å²) < 4.78 is 5.42. The number of carbonyl (C=O) groups excluding carboxylic acids is 2. The minimum Gasteiger partial charge on any atom is -0.494 e. The number of rotatable bonds is 6. The van der Waals surface area contributed by atoms with Gasteiger partial charge >= 0.3 is 0 Å². The highest BCUT2D eigenvalue weighted by molar-refractivity contribution is 7.80. The molecule has 0 radical (unpaired) electrons. The average Bonchev–Trinajstić information content (AvgIpc) is 2.89. The van der Waals surface area contributed by atoms with Crippen LogP contribution in [0.25, 0.3) is 0 Å². The fourth-order valence-electron chi connectivity index (χ4n) is 4.00. The highest BCUT2D eigenvalue weighted by atomic mass is 35.5. The zero-order chi connectivity index (χ0) is 25.5. The Bertz CT molecular complexity index is 1230. The number of nitrogens with one attached hydrogen (secondary N) is 2. The van der Waals surface area contributed by atoms with Crippen molar-refractivity contribution in [3.63, 3.8) is 0 Å². The van der Waals surface area contributed by atoms with E-state index in [1.54, 1.807) is 30.3 Å². The van der Waals surface area contributed by atoms with Crippen molar-refractivity contribution in [1.82, 2.24) is 10.2 Å². The topological polar surface area (TPSA) is 73.9 Å². The third-order valence-electron chi connectivity index (χ3n) is 5.79. The summed E-state index contributed by atoms with van der Waals surface area (Å²) in [7, 11) is 0. The predicted octanol–water partition coefficient (Wildman–Crippen LogP) is 4.83. The summed E-state index contributed by atoms with van der Waals surface area (Å²) in [6.45, 7) is 4.95.